The van der Waals surface area contributed by atoms with Gasteiger partial charge in [-0.2, -0.15) is 0 Å². The molecule has 2 heterocycles. The van der Waals surface area contributed by atoms with Gasteiger partial charge in [0.1, 0.15) is 0 Å². The summed E-state index contributed by atoms with van der Waals surface area (Å²) in [6.07, 6.45) is 4.32. The van der Waals surface area contributed by atoms with E-state index in [-0.39, 0.29) is 11.3 Å². The number of hydrogen-bond donors (Lipinski definition) is 0. The van der Waals surface area contributed by atoms with Crippen molar-refractivity contribution in [2.24, 2.45) is 5.92 Å². The van der Waals surface area contributed by atoms with Gasteiger partial charge in [0, 0.05) is 29.7 Å². The minimum Gasteiger partial charge on any atom is -0.272 e. The van der Waals surface area contributed by atoms with Gasteiger partial charge in [-0.05, 0) is 18.4 Å². The first kappa shape index (κ1) is 8.24. The number of amides is 1. The van der Waals surface area contributed by atoms with Crippen molar-refractivity contribution in [1.82, 2.24) is 4.98 Å². The molecule has 0 aromatic carbocycles. The van der Waals surface area contributed by atoms with Crippen molar-refractivity contribution in [3.05, 3.63) is 24.0 Å². The molecule has 1 saturated carbocycles. The van der Waals surface area contributed by atoms with Crippen molar-refractivity contribution < 1.29 is 4.79 Å². The zero-order chi connectivity index (χ0) is 9.92. The second-order valence-electron chi connectivity index (χ2n) is 4.06. The number of carbonyl (C=O) groups is 1. The standard InChI is InChI=1S/C10H9ClN2O/c1-6-4-10(6)7-5-12-3-2-8(7)13(11)9(10)14/h2-3,5-6H,4H2,1H3. The molecular weight excluding hydrogens is 200 g/mol. The lowest BCUT2D eigenvalue weighted by molar-refractivity contribution is -0.119. The molecule has 72 valence electrons. The van der Waals surface area contributed by atoms with E-state index in [0.717, 1.165) is 17.7 Å². The third-order valence-corrected chi connectivity index (χ3v) is 3.70. The molecule has 1 aromatic rings. The van der Waals surface area contributed by atoms with Crippen LogP contribution in [0.2, 0.25) is 0 Å². The zero-order valence-electron chi connectivity index (χ0n) is 7.70. The van der Waals surface area contributed by atoms with Gasteiger partial charge >= 0.3 is 0 Å². The van der Waals surface area contributed by atoms with Crippen LogP contribution in [-0.2, 0) is 10.2 Å². The van der Waals surface area contributed by atoms with E-state index in [9.17, 15) is 4.79 Å². The quantitative estimate of drug-likeness (QED) is 0.610. The fourth-order valence-corrected chi connectivity index (χ4v) is 2.70. The highest BCUT2D eigenvalue weighted by molar-refractivity contribution is 6.40. The Morgan fingerprint density at radius 1 is 1.71 bits per heavy atom. The predicted molar refractivity (Wildman–Crippen MR) is 53.0 cm³/mol. The molecule has 1 aliphatic heterocycles. The number of carbonyl (C=O) groups excluding carboxylic acids is 1. The van der Waals surface area contributed by atoms with Crippen LogP contribution in [0.1, 0.15) is 18.9 Å². The number of hydrogen-bond acceptors (Lipinski definition) is 2. The Morgan fingerprint density at radius 3 is 3.07 bits per heavy atom. The number of halogens is 1. The van der Waals surface area contributed by atoms with Crippen LogP contribution in [0, 0.1) is 5.92 Å². The Morgan fingerprint density at radius 2 is 2.43 bits per heavy atom. The summed E-state index contributed by atoms with van der Waals surface area (Å²) in [5.41, 5.74) is 1.45. The van der Waals surface area contributed by atoms with Gasteiger partial charge in [0.25, 0.3) is 5.91 Å². The van der Waals surface area contributed by atoms with Crippen LogP contribution in [0.25, 0.3) is 0 Å². The summed E-state index contributed by atoms with van der Waals surface area (Å²) in [7, 11) is 0. The summed E-state index contributed by atoms with van der Waals surface area (Å²) < 4.78 is 1.24. The molecule has 0 radical (unpaired) electrons. The van der Waals surface area contributed by atoms with Crippen molar-refractivity contribution in [2.75, 3.05) is 4.42 Å². The Hall–Kier alpha value is -1.09. The average Bonchev–Trinajstić information content (AvgIpc) is 2.84. The third-order valence-electron chi connectivity index (χ3n) is 3.36. The molecule has 4 heteroatoms. The fourth-order valence-electron chi connectivity index (χ4n) is 2.40. The lowest BCUT2D eigenvalue weighted by Gasteiger charge is -2.06. The first-order chi connectivity index (χ1) is 6.68. The molecule has 1 aromatic heterocycles. The lowest BCUT2D eigenvalue weighted by atomic mass is 9.97. The minimum absolute atomic E-state index is 0.00895. The zero-order valence-corrected chi connectivity index (χ0v) is 8.45. The lowest BCUT2D eigenvalue weighted by Crippen LogP contribution is -2.25. The highest BCUT2D eigenvalue weighted by atomic mass is 35.5. The van der Waals surface area contributed by atoms with Gasteiger partial charge in [-0.1, -0.05) is 6.92 Å². The second kappa shape index (κ2) is 2.28. The molecule has 3 rings (SSSR count). The maximum atomic E-state index is 11.9. The van der Waals surface area contributed by atoms with Crippen molar-refractivity contribution >= 4 is 23.4 Å². The first-order valence-corrected chi connectivity index (χ1v) is 4.96. The van der Waals surface area contributed by atoms with Crippen LogP contribution in [0.15, 0.2) is 18.5 Å². The summed E-state index contributed by atoms with van der Waals surface area (Å²) in [4.78, 5) is 16.0. The molecule has 1 spiro atoms. The van der Waals surface area contributed by atoms with E-state index in [1.807, 2.05) is 0 Å². The minimum atomic E-state index is -0.342. The second-order valence-corrected chi connectivity index (χ2v) is 4.39. The molecule has 1 amide bonds. The molecule has 14 heavy (non-hydrogen) atoms. The number of pyridine rings is 1. The number of anilines is 1. The van der Waals surface area contributed by atoms with Gasteiger partial charge in [-0.3, -0.25) is 9.78 Å². The van der Waals surface area contributed by atoms with E-state index in [4.69, 9.17) is 11.8 Å². The Balaban J connectivity index is 2.25. The largest absolute Gasteiger partial charge is 0.272 e. The van der Waals surface area contributed by atoms with Crippen LogP contribution >= 0.6 is 11.8 Å². The van der Waals surface area contributed by atoms with E-state index >= 15 is 0 Å². The van der Waals surface area contributed by atoms with E-state index in [1.54, 1.807) is 18.5 Å². The van der Waals surface area contributed by atoms with Crippen LogP contribution in [0.5, 0.6) is 0 Å². The molecule has 1 fully saturated rings. The van der Waals surface area contributed by atoms with Crippen LogP contribution in [0.3, 0.4) is 0 Å². The Kier molecular flexibility index (Phi) is 1.34. The SMILES string of the molecule is CC1CC12C(=O)N(Cl)c1ccncc12. The van der Waals surface area contributed by atoms with Crippen LogP contribution < -0.4 is 4.42 Å². The summed E-state index contributed by atoms with van der Waals surface area (Å²) in [6, 6.07) is 1.79. The van der Waals surface area contributed by atoms with E-state index in [2.05, 4.69) is 11.9 Å². The van der Waals surface area contributed by atoms with E-state index in [1.165, 1.54) is 4.42 Å². The third kappa shape index (κ3) is 0.708. The highest BCUT2D eigenvalue weighted by Crippen LogP contribution is 2.61. The highest BCUT2D eigenvalue weighted by Gasteiger charge is 2.65. The normalized spacial score (nSPS) is 33.7. The van der Waals surface area contributed by atoms with Crippen LogP contribution in [0.4, 0.5) is 5.69 Å². The van der Waals surface area contributed by atoms with Gasteiger partial charge < -0.3 is 0 Å². The van der Waals surface area contributed by atoms with Gasteiger partial charge in [0.05, 0.1) is 11.1 Å². The number of fused-ring (bicyclic) bond motifs is 2. The molecule has 2 atom stereocenters. The Bertz CT molecular complexity index is 434. The van der Waals surface area contributed by atoms with Gasteiger partial charge in [-0.15, -0.1) is 0 Å². The van der Waals surface area contributed by atoms with E-state index in [0.29, 0.717) is 5.92 Å². The molecule has 2 aliphatic rings. The molecule has 0 N–H and O–H groups in total. The number of aromatic nitrogens is 1. The maximum absolute atomic E-state index is 11.9. The topological polar surface area (TPSA) is 33.2 Å². The molecule has 0 bridgehead atoms. The van der Waals surface area contributed by atoms with Gasteiger partial charge in [0.15, 0.2) is 0 Å². The first-order valence-electron chi connectivity index (χ1n) is 4.63. The summed E-state index contributed by atoms with van der Waals surface area (Å²) >= 11 is 5.94. The number of nitrogens with zero attached hydrogens (tertiary/aromatic N) is 2. The van der Waals surface area contributed by atoms with Crippen LogP contribution in [-0.4, -0.2) is 10.9 Å². The predicted octanol–water partition coefficient (Wildman–Crippen LogP) is 1.86. The van der Waals surface area contributed by atoms with Gasteiger partial charge in [0.2, 0.25) is 0 Å². The fraction of sp³-hybridized carbons (Fsp3) is 0.400. The molecule has 2 unspecified atom stereocenters. The molecule has 0 saturated heterocycles. The van der Waals surface area contributed by atoms with Crippen molar-refractivity contribution in [3.8, 4) is 0 Å². The Labute approximate surface area is 86.8 Å². The smallest absolute Gasteiger partial charge is 0.252 e. The molecule has 3 nitrogen and oxygen atoms in total. The summed E-state index contributed by atoms with van der Waals surface area (Å²) in [5.74, 6) is 0.399. The molecule has 1 aliphatic carbocycles. The summed E-state index contributed by atoms with van der Waals surface area (Å²) in [5, 5.41) is 0. The number of rotatable bonds is 0. The van der Waals surface area contributed by atoms with E-state index < -0.39 is 0 Å². The monoisotopic (exact) mass is 208 g/mol. The van der Waals surface area contributed by atoms with Gasteiger partial charge in [-0.25, -0.2) is 4.42 Å². The van der Waals surface area contributed by atoms with Crippen molar-refractivity contribution in [1.29, 1.82) is 0 Å². The molecular formula is C10H9ClN2O. The maximum Gasteiger partial charge on any atom is 0.252 e. The average molecular weight is 209 g/mol. The van der Waals surface area contributed by atoms with Crippen molar-refractivity contribution in [3.63, 3.8) is 0 Å². The van der Waals surface area contributed by atoms with Crippen molar-refractivity contribution in [2.45, 2.75) is 18.8 Å². The summed E-state index contributed by atoms with van der Waals surface area (Å²) in [6.45, 7) is 2.07.